The number of aliphatic carboxylic acids is 1. The Kier molecular flexibility index (Phi) is 4.77. The molecule has 2 heterocycles. The molecule has 0 unspecified atom stereocenters. The van der Waals surface area contributed by atoms with E-state index in [1.54, 1.807) is 17.1 Å². The molecule has 3 aromatic rings. The van der Waals surface area contributed by atoms with E-state index in [0.29, 0.717) is 31.4 Å². The van der Waals surface area contributed by atoms with Gasteiger partial charge in [-0.25, -0.2) is 4.68 Å². The fourth-order valence-corrected chi connectivity index (χ4v) is 3.80. The van der Waals surface area contributed by atoms with E-state index in [-0.39, 0.29) is 23.6 Å². The number of carboxylic acid groups (broad SMARTS) is 1. The Bertz CT molecular complexity index is 1030. The minimum Gasteiger partial charge on any atom is -0.481 e. The minimum absolute atomic E-state index is 0.0312. The molecule has 1 amide bonds. The van der Waals surface area contributed by atoms with Crippen molar-refractivity contribution in [2.24, 2.45) is 5.92 Å². The lowest BCUT2D eigenvalue weighted by Gasteiger charge is -2.26. The molecule has 0 bridgehead atoms. The zero-order valence-electron chi connectivity index (χ0n) is 15.5. The number of pyridine rings is 1. The first-order valence-corrected chi connectivity index (χ1v) is 9.33. The second kappa shape index (κ2) is 7.38. The van der Waals surface area contributed by atoms with E-state index in [2.05, 4.69) is 20.6 Å². The molecule has 8 nitrogen and oxygen atoms in total. The maximum atomic E-state index is 12.7. The maximum Gasteiger partial charge on any atom is 0.306 e. The van der Waals surface area contributed by atoms with Crippen molar-refractivity contribution in [1.82, 2.24) is 25.3 Å². The molecule has 1 aliphatic rings. The lowest BCUT2D eigenvalue weighted by atomic mass is 9.86. The predicted molar refractivity (Wildman–Crippen MR) is 102 cm³/mol. The van der Waals surface area contributed by atoms with Gasteiger partial charge in [-0.15, -0.1) is 5.10 Å². The summed E-state index contributed by atoms with van der Waals surface area (Å²) in [7, 11) is 0. The molecule has 1 saturated carbocycles. The molecule has 0 atom stereocenters. The number of nitrogens with one attached hydrogen (secondary N) is 1. The zero-order valence-corrected chi connectivity index (χ0v) is 15.5. The summed E-state index contributed by atoms with van der Waals surface area (Å²) < 4.78 is 1.67. The first-order valence-electron chi connectivity index (χ1n) is 9.33. The highest BCUT2D eigenvalue weighted by Crippen LogP contribution is 2.25. The van der Waals surface area contributed by atoms with Crippen molar-refractivity contribution in [3.05, 3.63) is 48.0 Å². The van der Waals surface area contributed by atoms with Gasteiger partial charge in [0.25, 0.3) is 5.91 Å². The van der Waals surface area contributed by atoms with Crippen molar-refractivity contribution in [2.75, 3.05) is 0 Å². The average molecular weight is 379 g/mol. The molecule has 0 radical (unpaired) electrons. The Balaban J connectivity index is 1.54. The van der Waals surface area contributed by atoms with Crippen LogP contribution in [0, 0.1) is 12.8 Å². The molecular weight excluding hydrogens is 358 g/mol. The van der Waals surface area contributed by atoms with Gasteiger partial charge in [-0.1, -0.05) is 17.3 Å². The minimum atomic E-state index is -0.756. The third-order valence-corrected chi connectivity index (χ3v) is 5.41. The second-order valence-electron chi connectivity index (χ2n) is 7.17. The van der Waals surface area contributed by atoms with Crippen molar-refractivity contribution < 1.29 is 14.7 Å². The summed E-state index contributed by atoms with van der Waals surface area (Å²) in [5.41, 5.74) is 1.78. The van der Waals surface area contributed by atoms with Crippen LogP contribution in [-0.2, 0) is 4.79 Å². The van der Waals surface area contributed by atoms with E-state index < -0.39 is 5.97 Å². The Morgan fingerprint density at radius 3 is 2.71 bits per heavy atom. The molecule has 144 valence electrons. The van der Waals surface area contributed by atoms with E-state index in [0.717, 1.165) is 16.5 Å². The zero-order chi connectivity index (χ0) is 19.7. The van der Waals surface area contributed by atoms with Gasteiger partial charge in [0.15, 0.2) is 5.69 Å². The van der Waals surface area contributed by atoms with Crippen LogP contribution in [0.25, 0.3) is 16.5 Å². The Labute approximate surface area is 161 Å². The molecule has 2 N–H and O–H groups in total. The van der Waals surface area contributed by atoms with Crippen LogP contribution in [0.5, 0.6) is 0 Å². The molecular formula is C20H21N5O3. The summed E-state index contributed by atoms with van der Waals surface area (Å²) in [6.45, 7) is 1.82. The fraction of sp³-hybridized carbons (Fsp3) is 0.350. The van der Waals surface area contributed by atoms with Gasteiger partial charge in [-0.05, 0) is 44.7 Å². The first-order chi connectivity index (χ1) is 13.5. The lowest BCUT2D eigenvalue weighted by Crippen LogP contribution is -2.39. The molecule has 1 aromatic carbocycles. The highest BCUT2D eigenvalue weighted by molar-refractivity contribution is 5.94. The Hall–Kier alpha value is -3.29. The van der Waals surface area contributed by atoms with Gasteiger partial charge < -0.3 is 10.4 Å². The van der Waals surface area contributed by atoms with Crippen LogP contribution < -0.4 is 5.32 Å². The molecule has 2 aromatic heterocycles. The van der Waals surface area contributed by atoms with Gasteiger partial charge in [0.2, 0.25) is 0 Å². The van der Waals surface area contributed by atoms with Crippen molar-refractivity contribution in [2.45, 2.75) is 38.6 Å². The summed E-state index contributed by atoms with van der Waals surface area (Å²) in [6.07, 6.45) is 5.98. The van der Waals surface area contributed by atoms with E-state index >= 15 is 0 Å². The number of aromatic nitrogens is 4. The normalized spacial score (nSPS) is 19.5. The smallest absolute Gasteiger partial charge is 0.306 e. The highest BCUT2D eigenvalue weighted by atomic mass is 16.4. The topological polar surface area (TPSA) is 110 Å². The molecule has 0 spiro atoms. The van der Waals surface area contributed by atoms with Crippen molar-refractivity contribution in [1.29, 1.82) is 0 Å². The predicted octanol–water partition coefficient (Wildman–Crippen LogP) is 2.50. The fourth-order valence-electron chi connectivity index (χ4n) is 3.80. The van der Waals surface area contributed by atoms with Crippen LogP contribution in [0.2, 0.25) is 0 Å². The highest BCUT2D eigenvalue weighted by Gasteiger charge is 2.28. The molecule has 1 aliphatic carbocycles. The Morgan fingerprint density at radius 2 is 1.96 bits per heavy atom. The number of hydrogen-bond donors (Lipinski definition) is 2. The Morgan fingerprint density at radius 1 is 1.18 bits per heavy atom. The van der Waals surface area contributed by atoms with Crippen molar-refractivity contribution in [3.63, 3.8) is 0 Å². The van der Waals surface area contributed by atoms with E-state index in [1.807, 2.05) is 31.2 Å². The number of carbonyl (C=O) groups is 2. The van der Waals surface area contributed by atoms with Crippen LogP contribution >= 0.6 is 0 Å². The number of rotatable bonds is 4. The van der Waals surface area contributed by atoms with Gasteiger partial charge in [-0.2, -0.15) is 0 Å². The van der Waals surface area contributed by atoms with Gasteiger partial charge in [0.05, 0.1) is 17.3 Å². The van der Waals surface area contributed by atoms with E-state index in [1.165, 1.54) is 0 Å². The number of fused-ring (bicyclic) bond motifs is 1. The molecule has 0 saturated heterocycles. The largest absolute Gasteiger partial charge is 0.481 e. The van der Waals surface area contributed by atoms with Crippen LogP contribution in [0.15, 0.2) is 36.7 Å². The van der Waals surface area contributed by atoms with Crippen molar-refractivity contribution >= 4 is 22.6 Å². The number of nitrogens with zero attached hydrogens (tertiary/aromatic N) is 4. The van der Waals surface area contributed by atoms with Gasteiger partial charge in [-0.3, -0.25) is 14.6 Å². The van der Waals surface area contributed by atoms with Crippen LogP contribution in [0.1, 0.15) is 41.9 Å². The molecule has 0 aliphatic heterocycles. The quantitative estimate of drug-likeness (QED) is 0.721. The summed E-state index contributed by atoms with van der Waals surface area (Å²) in [5.74, 6) is -1.34. The first kappa shape index (κ1) is 18.1. The van der Waals surface area contributed by atoms with Crippen molar-refractivity contribution in [3.8, 4) is 5.69 Å². The number of amides is 1. The van der Waals surface area contributed by atoms with E-state index in [9.17, 15) is 9.59 Å². The van der Waals surface area contributed by atoms with E-state index in [4.69, 9.17) is 5.11 Å². The molecule has 4 rings (SSSR count). The number of hydrogen-bond acceptors (Lipinski definition) is 5. The van der Waals surface area contributed by atoms with Crippen LogP contribution in [-0.4, -0.2) is 43.0 Å². The second-order valence-corrected chi connectivity index (χ2v) is 7.17. The average Bonchev–Trinajstić information content (AvgIpc) is 3.09. The number of benzene rings is 1. The number of carbonyl (C=O) groups excluding carboxylic acids is 1. The SMILES string of the molecule is Cc1c(C(=O)NC2CCC(C(=O)O)CC2)nnn1-c1cccc2cnccc12. The summed E-state index contributed by atoms with van der Waals surface area (Å²) in [6, 6.07) is 7.70. The third kappa shape index (κ3) is 3.33. The molecule has 1 fully saturated rings. The van der Waals surface area contributed by atoms with Gasteiger partial charge >= 0.3 is 5.97 Å². The monoisotopic (exact) mass is 379 g/mol. The summed E-state index contributed by atoms with van der Waals surface area (Å²) in [5, 5.41) is 22.3. The lowest BCUT2D eigenvalue weighted by molar-refractivity contribution is -0.142. The maximum absolute atomic E-state index is 12.7. The standard InChI is InChI=1S/C20H21N5O3/c1-12-18(19(26)22-15-7-5-13(6-8-15)20(27)28)23-24-25(12)17-4-2-3-14-11-21-10-9-16(14)17/h2-4,9-11,13,15H,5-8H2,1H3,(H,22,26)(H,27,28). The van der Waals surface area contributed by atoms with Crippen LogP contribution in [0.3, 0.4) is 0 Å². The summed E-state index contributed by atoms with van der Waals surface area (Å²) in [4.78, 5) is 27.9. The van der Waals surface area contributed by atoms with Gasteiger partial charge in [0, 0.05) is 29.2 Å². The molecule has 28 heavy (non-hydrogen) atoms. The third-order valence-electron chi connectivity index (χ3n) is 5.41. The number of carboxylic acids is 1. The van der Waals surface area contributed by atoms with Crippen LogP contribution in [0.4, 0.5) is 0 Å². The van der Waals surface area contributed by atoms with Gasteiger partial charge in [0.1, 0.15) is 0 Å². The summed E-state index contributed by atoms with van der Waals surface area (Å²) >= 11 is 0. The molecule has 8 heteroatoms.